The van der Waals surface area contributed by atoms with Crippen LogP contribution in [0.25, 0.3) is 0 Å². The highest BCUT2D eigenvalue weighted by Crippen LogP contribution is 2.16. The van der Waals surface area contributed by atoms with Gasteiger partial charge in [0.1, 0.15) is 0 Å². The molecule has 1 unspecified atom stereocenters. The van der Waals surface area contributed by atoms with Crippen LogP contribution in [0.5, 0.6) is 0 Å². The van der Waals surface area contributed by atoms with Gasteiger partial charge < -0.3 is 5.32 Å². The Hall–Kier alpha value is -1.70. The average molecular weight is 338 g/mol. The van der Waals surface area contributed by atoms with Crippen molar-refractivity contribution in [3.63, 3.8) is 0 Å². The van der Waals surface area contributed by atoms with E-state index in [2.05, 4.69) is 5.32 Å². The number of primary sulfonamides is 1. The van der Waals surface area contributed by atoms with Crippen molar-refractivity contribution in [2.75, 3.05) is 0 Å². The van der Waals surface area contributed by atoms with Crippen LogP contribution in [0.2, 0.25) is 0 Å². The summed E-state index contributed by atoms with van der Waals surface area (Å²) >= 11 is 1.64. The lowest BCUT2D eigenvalue weighted by atomic mass is 10.1. The van der Waals surface area contributed by atoms with Crippen molar-refractivity contribution < 1.29 is 13.2 Å². The van der Waals surface area contributed by atoms with Gasteiger partial charge in [-0.25, -0.2) is 13.6 Å². The van der Waals surface area contributed by atoms with Crippen LogP contribution in [0.4, 0.5) is 0 Å². The molecular weight excluding hydrogens is 320 g/mol. The third-order valence-electron chi connectivity index (χ3n) is 3.26. The Balaban J connectivity index is 1.91. The van der Waals surface area contributed by atoms with Crippen LogP contribution in [0, 0.1) is 0 Å². The lowest BCUT2D eigenvalue weighted by molar-refractivity contribution is -0.121. The minimum Gasteiger partial charge on any atom is -0.350 e. The molecule has 5 nitrogen and oxygen atoms in total. The SMILES string of the molecule is CC(NC(=O)CCc1cccs1)c1ccc(S(N)(=O)=O)cc1. The van der Waals surface area contributed by atoms with Gasteiger partial charge in [0.05, 0.1) is 10.9 Å². The van der Waals surface area contributed by atoms with E-state index in [1.807, 2.05) is 24.4 Å². The minimum atomic E-state index is -3.69. The quantitative estimate of drug-likeness (QED) is 0.846. The molecule has 0 radical (unpaired) electrons. The molecule has 1 heterocycles. The number of sulfonamides is 1. The van der Waals surface area contributed by atoms with E-state index in [1.165, 1.54) is 17.0 Å². The van der Waals surface area contributed by atoms with Crippen LogP contribution in [-0.2, 0) is 21.2 Å². The third kappa shape index (κ3) is 4.66. The highest BCUT2D eigenvalue weighted by Gasteiger charge is 2.12. The lowest BCUT2D eigenvalue weighted by Gasteiger charge is -2.14. The van der Waals surface area contributed by atoms with E-state index in [9.17, 15) is 13.2 Å². The van der Waals surface area contributed by atoms with Gasteiger partial charge in [-0.3, -0.25) is 4.79 Å². The van der Waals surface area contributed by atoms with Crippen LogP contribution >= 0.6 is 11.3 Å². The van der Waals surface area contributed by atoms with E-state index in [-0.39, 0.29) is 16.8 Å². The summed E-state index contributed by atoms with van der Waals surface area (Å²) in [6, 6.07) is 9.98. The first-order valence-corrected chi connectivity index (χ1v) is 9.23. The largest absolute Gasteiger partial charge is 0.350 e. The molecule has 0 aliphatic rings. The molecule has 1 aromatic carbocycles. The van der Waals surface area contributed by atoms with Crippen LogP contribution in [0.15, 0.2) is 46.7 Å². The van der Waals surface area contributed by atoms with Crippen molar-refractivity contribution >= 4 is 27.3 Å². The molecule has 0 saturated carbocycles. The summed E-state index contributed by atoms with van der Waals surface area (Å²) in [4.78, 5) is 13.2. The molecule has 22 heavy (non-hydrogen) atoms. The number of carbonyl (C=O) groups is 1. The zero-order valence-electron chi connectivity index (χ0n) is 12.2. The molecule has 2 aromatic rings. The number of thiophene rings is 1. The fraction of sp³-hybridized carbons (Fsp3) is 0.267. The van der Waals surface area contributed by atoms with Gasteiger partial charge in [0.15, 0.2) is 0 Å². The molecule has 0 aliphatic heterocycles. The summed E-state index contributed by atoms with van der Waals surface area (Å²) in [6.07, 6.45) is 1.15. The van der Waals surface area contributed by atoms with Crippen LogP contribution in [0.1, 0.15) is 29.8 Å². The van der Waals surface area contributed by atoms with Crippen molar-refractivity contribution in [3.8, 4) is 0 Å². The summed E-state index contributed by atoms with van der Waals surface area (Å²) in [5.41, 5.74) is 0.830. The number of amides is 1. The number of hydrogen-bond acceptors (Lipinski definition) is 4. The van der Waals surface area contributed by atoms with Crippen LogP contribution < -0.4 is 10.5 Å². The topological polar surface area (TPSA) is 89.3 Å². The maximum Gasteiger partial charge on any atom is 0.238 e. The van der Waals surface area contributed by atoms with Crippen LogP contribution in [-0.4, -0.2) is 14.3 Å². The third-order valence-corrected chi connectivity index (χ3v) is 5.13. The van der Waals surface area contributed by atoms with Gasteiger partial charge in [-0.2, -0.15) is 0 Å². The van der Waals surface area contributed by atoms with E-state index < -0.39 is 10.0 Å². The monoisotopic (exact) mass is 338 g/mol. The molecule has 3 N–H and O–H groups in total. The smallest absolute Gasteiger partial charge is 0.238 e. The summed E-state index contributed by atoms with van der Waals surface area (Å²) in [5, 5.41) is 9.94. The maximum absolute atomic E-state index is 11.9. The number of nitrogens with two attached hydrogens (primary N) is 1. The zero-order valence-corrected chi connectivity index (χ0v) is 13.8. The number of rotatable bonds is 6. The first-order valence-electron chi connectivity index (χ1n) is 6.81. The Labute approximate surface area is 134 Å². The number of hydrogen-bond donors (Lipinski definition) is 2. The fourth-order valence-electron chi connectivity index (χ4n) is 2.03. The minimum absolute atomic E-state index is 0.0311. The second kappa shape index (κ2) is 7.04. The molecule has 2 rings (SSSR count). The first kappa shape index (κ1) is 16.7. The Morgan fingerprint density at radius 3 is 2.50 bits per heavy atom. The normalized spacial score (nSPS) is 12.8. The average Bonchev–Trinajstić information content (AvgIpc) is 2.97. The lowest BCUT2D eigenvalue weighted by Crippen LogP contribution is -2.26. The molecule has 0 saturated heterocycles. The predicted octanol–water partition coefficient (Wildman–Crippen LogP) is 2.21. The number of benzene rings is 1. The molecule has 1 amide bonds. The Morgan fingerprint density at radius 1 is 1.27 bits per heavy atom. The van der Waals surface area contributed by atoms with Gasteiger partial charge in [0, 0.05) is 11.3 Å². The summed E-state index contributed by atoms with van der Waals surface area (Å²) in [6.45, 7) is 1.86. The first-order chi connectivity index (χ1) is 10.4. The summed E-state index contributed by atoms with van der Waals surface area (Å²) in [5.74, 6) is -0.0311. The van der Waals surface area contributed by atoms with E-state index in [0.29, 0.717) is 6.42 Å². The Kier molecular flexibility index (Phi) is 5.33. The van der Waals surface area contributed by atoms with Gasteiger partial charge in [-0.05, 0) is 42.5 Å². The predicted molar refractivity (Wildman–Crippen MR) is 87.0 cm³/mol. The van der Waals surface area contributed by atoms with Gasteiger partial charge in [0.25, 0.3) is 0 Å². The highest BCUT2D eigenvalue weighted by molar-refractivity contribution is 7.89. The molecule has 7 heteroatoms. The van der Waals surface area contributed by atoms with Crippen molar-refractivity contribution in [1.29, 1.82) is 0 Å². The number of nitrogens with one attached hydrogen (secondary N) is 1. The van der Waals surface area contributed by atoms with Crippen LogP contribution in [0.3, 0.4) is 0 Å². The number of carbonyl (C=O) groups excluding carboxylic acids is 1. The molecule has 0 spiro atoms. The molecule has 0 fully saturated rings. The van der Waals surface area contributed by atoms with Crippen molar-refractivity contribution in [3.05, 3.63) is 52.2 Å². The second-order valence-corrected chi connectivity index (χ2v) is 7.58. The molecule has 0 bridgehead atoms. The van der Waals surface area contributed by atoms with Gasteiger partial charge in [0.2, 0.25) is 15.9 Å². The fourth-order valence-corrected chi connectivity index (χ4v) is 3.26. The Bertz CT molecular complexity index is 723. The van der Waals surface area contributed by atoms with E-state index in [4.69, 9.17) is 5.14 Å². The van der Waals surface area contributed by atoms with Crippen molar-refractivity contribution in [1.82, 2.24) is 5.32 Å². The van der Waals surface area contributed by atoms with Gasteiger partial charge >= 0.3 is 0 Å². The van der Waals surface area contributed by atoms with Crippen molar-refractivity contribution in [2.45, 2.75) is 30.7 Å². The molecule has 1 atom stereocenters. The summed E-state index contributed by atoms with van der Waals surface area (Å²) in [7, 11) is -3.69. The molecule has 118 valence electrons. The Morgan fingerprint density at radius 2 is 1.95 bits per heavy atom. The van der Waals surface area contributed by atoms with Gasteiger partial charge in [-0.1, -0.05) is 18.2 Å². The second-order valence-electron chi connectivity index (χ2n) is 4.98. The van der Waals surface area contributed by atoms with Crippen molar-refractivity contribution in [2.24, 2.45) is 5.14 Å². The van der Waals surface area contributed by atoms with E-state index in [0.717, 1.165) is 12.0 Å². The van der Waals surface area contributed by atoms with Gasteiger partial charge in [-0.15, -0.1) is 11.3 Å². The number of aryl methyl sites for hydroxylation is 1. The van der Waals surface area contributed by atoms with E-state index >= 15 is 0 Å². The summed E-state index contributed by atoms with van der Waals surface area (Å²) < 4.78 is 22.4. The standard InChI is InChI=1S/C15H18N2O3S2/c1-11(12-4-7-14(8-5-12)22(16,19)20)17-15(18)9-6-13-3-2-10-21-13/h2-5,7-8,10-11H,6,9H2,1H3,(H,17,18)(H2,16,19,20). The molecular formula is C15H18N2O3S2. The maximum atomic E-state index is 11.9. The molecule has 0 aliphatic carbocycles. The van der Waals surface area contributed by atoms with E-state index in [1.54, 1.807) is 23.5 Å². The molecule has 1 aromatic heterocycles. The highest BCUT2D eigenvalue weighted by atomic mass is 32.2. The zero-order chi connectivity index (χ0) is 16.2.